The lowest BCUT2D eigenvalue weighted by molar-refractivity contribution is -0.136. The third-order valence-corrected chi connectivity index (χ3v) is 4.45. The largest absolute Gasteiger partial charge is 0.342 e. The van der Waals surface area contributed by atoms with Crippen LogP contribution in [-0.2, 0) is 9.59 Å². The molecule has 0 aliphatic rings. The van der Waals surface area contributed by atoms with Gasteiger partial charge in [0.15, 0.2) is 0 Å². The molecule has 0 bridgehead atoms. The van der Waals surface area contributed by atoms with E-state index >= 15 is 0 Å². The Morgan fingerprint density at radius 1 is 1.05 bits per heavy atom. The van der Waals surface area contributed by atoms with Crippen molar-refractivity contribution in [2.75, 3.05) is 18.8 Å². The predicted octanol–water partition coefficient (Wildman–Crippen LogP) is 3.15. The second kappa shape index (κ2) is 11.0. The van der Waals surface area contributed by atoms with Crippen LogP contribution in [0.15, 0.2) is 0 Å². The summed E-state index contributed by atoms with van der Waals surface area (Å²) in [6.07, 6.45) is -0.275. The van der Waals surface area contributed by atoms with Gasteiger partial charge in [0.05, 0.1) is 0 Å². The lowest BCUT2D eigenvalue weighted by Crippen LogP contribution is -2.40. The zero-order valence-electron chi connectivity index (χ0n) is 13.5. The molecule has 122 valence electrons. The van der Waals surface area contributed by atoms with Crippen molar-refractivity contribution in [1.29, 1.82) is 0 Å². The number of rotatable bonds is 8. The van der Waals surface area contributed by atoms with E-state index in [9.17, 15) is 14.4 Å². The Hall–Kier alpha value is -0.690. The van der Waals surface area contributed by atoms with Gasteiger partial charge in [0.2, 0.25) is 11.8 Å². The van der Waals surface area contributed by atoms with Crippen molar-refractivity contribution < 1.29 is 14.4 Å². The lowest BCUT2D eigenvalue weighted by atomic mass is 10.1. The van der Waals surface area contributed by atoms with Crippen LogP contribution < -0.4 is 5.32 Å². The summed E-state index contributed by atoms with van der Waals surface area (Å²) in [5.41, 5.74) is 0. The van der Waals surface area contributed by atoms with Gasteiger partial charge in [-0.2, -0.15) is 0 Å². The van der Waals surface area contributed by atoms with Gasteiger partial charge in [-0.1, -0.05) is 45.4 Å². The third-order valence-electron chi connectivity index (χ3n) is 2.33. The maximum atomic E-state index is 12.2. The molecular formula is C14H26N2O3S2. The van der Waals surface area contributed by atoms with Gasteiger partial charge in [-0.05, 0) is 11.8 Å². The van der Waals surface area contributed by atoms with Crippen LogP contribution in [0.2, 0.25) is 0 Å². The SMILES string of the molecule is CCSSC(=O)NC(=O)CC(=O)N(CC(C)C)CC(C)C. The van der Waals surface area contributed by atoms with E-state index in [2.05, 4.69) is 5.32 Å². The van der Waals surface area contributed by atoms with Crippen LogP contribution in [0, 0.1) is 11.8 Å². The Kier molecular flexibility index (Phi) is 10.6. The van der Waals surface area contributed by atoms with Gasteiger partial charge in [-0.15, -0.1) is 0 Å². The van der Waals surface area contributed by atoms with Crippen LogP contribution in [0.4, 0.5) is 4.79 Å². The number of hydrogen-bond donors (Lipinski definition) is 1. The first kappa shape index (κ1) is 20.3. The molecule has 5 nitrogen and oxygen atoms in total. The normalized spacial score (nSPS) is 10.8. The van der Waals surface area contributed by atoms with E-state index in [1.165, 1.54) is 10.8 Å². The van der Waals surface area contributed by atoms with Gasteiger partial charge >= 0.3 is 0 Å². The summed E-state index contributed by atoms with van der Waals surface area (Å²) >= 11 is 0. The lowest BCUT2D eigenvalue weighted by Gasteiger charge is -2.26. The highest BCUT2D eigenvalue weighted by Gasteiger charge is 2.20. The average Bonchev–Trinajstić information content (AvgIpc) is 2.34. The average molecular weight is 335 g/mol. The van der Waals surface area contributed by atoms with Crippen LogP contribution in [0.5, 0.6) is 0 Å². The Labute approximate surface area is 135 Å². The maximum Gasteiger partial charge on any atom is 0.296 e. The summed E-state index contributed by atoms with van der Waals surface area (Å²) in [7, 11) is 2.34. The number of amides is 3. The number of hydrogen-bond acceptors (Lipinski definition) is 5. The topological polar surface area (TPSA) is 66.5 Å². The zero-order chi connectivity index (χ0) is 16.4. The molecule has 0 fully saturated rings. The molecule has 1 N–H and O–H groups in total. The highest BCUT2D eigenvalue weighted by Crippen LogP contribution is 2.20. The Morgan fingerprint density at radius 2 is 1.57 bits per heavy atom. The first-order chi connectivity index (χ1) is 9.76. The minimum absolute atomic E-state index is 0.226. The van der Waals surface area contributed by atoms with Crippen LogP contribution >= 0.6 is 21.6 Å². The van der Waals surface area contributed by atoms with E-state index in [1.54, 1.807) is 4.90 Å². The molecule has 0 aromatic rings. The summed E-state index contributed by atoms with van der Waals surface area (Å²) in [5.74, 6) is 0.701. The molecule has 0 aromatic heterocycles. The van der Waals surface area contributed by atoms with E-state index < -0.39 is 11.1 Å². The number of carbonyl (C=O) groups excluding carboxylic acids is 3. The van der Waals surface area contributed by atoms with Gasteiger partial charge in [-0.3, -0.25) is 19.7 Å². The summed E-state index contributed by atoms with van der Waals surface area (Å²) < 4.78 is 0. The second-order valence-corrected chi connectivity index (χ2v) is 8.15. The van der Waals surface area contributed by atoms with E-state index in [-0.39, 0.29) is 12.3 Å². The Morgan fingerprint density at radius 3 is 2.00 bits per heavy atom. The second-order valence-electron chi connectivity index (χ2n) is 5.59. The molecule has 0 unspecified atom stereocenters. The van der Waals surface area contributed by atoms with E-state index in [4.69, 9.17) is 0 Å². The van der Waals surface area contributed by atoms with Crippen molar-refractivity contribution in [2.24, 2.45) is 11.8 Å². The Balaban J connectivity index is 4.39. The van der Waals surface area contributed by atoms with Gasteiger partial charge in [-0.25, -0.2) is 0 Å². The number of carbonyl (C=O) groups is 3. The van der Waals surface area contributed by atoms with Crippen LogP contribution in [0.3, 0.4) is 0 Å². The van der Waals surface area contributed by atoms with Crippen molar-refractivity contribution >= 4 is 38.6 Å². The van der Waals surface area contributed by atoms with Gasteiger partial charge in [0, 0.05) is 29.6 Å². The van der Waals surface area contributed by atoms with E-state index in [1.807, 2.05) is 34.6 Å². The van der Waals surface area contributed by atoms with Crippen LogP contribution in [-0.4, -0.2) is 40.8 Å². The van der Waals surface area contributed by atoms with Crippen LogP contribution in [0.1, 0.15) is 41.0 Å². The number of nitrogens with one attached hydrogen (secondary N) is 1. The molecule has 0 saturated carbocycles. The fourth-order valence-corrected chi connectivity index (χ4v) is 2.88. The first-order valence-corrected chi connectivity index (χ1v) is 9.49. The van der Waals surface area contributed by atoms with Crippen molar-refractivity contribution in [3.05, 3.63) is 0 Å². The quantitative estimate of drug-likeness (QED) is 0.545. The molecule has 0 aliphatic heterocycles. The first-order valence-electron chi connectivity index (χ1n) is 7.17. The minimum atomic E-state index is -0.535. The molecule has 3 amide bonds. The summed E-state index contributed by atoms with van der Waals surface area (Å²) in [5, 5.41) is 1.81. The maximum absolute atomic E-state index is 12.2. The molecule has 0 aliphatic carbocycles. The molecule has 0 radical (unpaired) electrons. The van der Waals surface area contributed by atoms with Gasteiger partial charge in [0.25, 0.3) is 5.24 Å². The number of nitrogens with zero attached hydrogens (tertiary/aromatic N) is 1. The molecule has 0 atom stereocenters. The fourth-order valence-electron chi connectivity index (χ4n) is 1.70. The highest BCUT2D eigenvalue weighted by molar-refractivity contribution is 8.82. The smallest absolute Gasteiger partial charge is 0.296 e. The molecule has 0 rings (SSSR count). The van der Waals surface area contributed by atoms with Crippen molar-refractivity contribution in [3.8, 4) is 0 Å². The molecule has 21 heavy (non-hydrogen) atoms. The summed E-state index contributed by atoms with van der Waals surface area (Å²) in [6, 6.07) is 0. The highest BCUT2D eigenvalue weighted by atomic mass is 33.1. The summed E-state index contributed by atoms with van der Waals surface area (Å²) in [6.45, 7) is 11.3. The fraction of sp³-hybridized carbons (Fsp3) is 0.786. The van der Waals surface area contributed by atoms with Gasteiger partial charge in [0.1, 0.15) is 6.42 Å². The van der Waals surface area contributed by atoms with Crippen molar-refractivity contribution in [2.45, 2.75) is 41.0 Å². The van der Waals surface area contributed by atoms with Gasteiger partial charge < -0.3 is 4.90 Å². The molecular weight excluding hydrogens is 308 g/mol. The monoisotopic (exact) mass is 334 g/mol. The van der Waals surface area contributed by atoms with E-state index in [0.717, 1.165) is 16.5 Å². The van der Waals surface area contributed by atoms with Crippen molar-refractivity contribution in [1.82, 2.24) is 10.2 Å². The minimum Gasteiger partial charge on any atom is -0.342 e. The summed E-state index contributed by atoms with van der Waals surface area (Å²) in [4.78, 5) is 37.0. The van der Waals surface area contributed by atoms with Crippen molar-refractivity contribution in [3.63, 3.8) is 0 Å². The standard InChI is InChI=1S/C14H26N2O3S2/c1-6-20-21-14(19)15-12(17)7-13(18)16(8-10(2)3)9-11(4)5/h10-11H,6-9H2,1-5H3,(H,15,17,19). The molecule has 0 spiro atoms. The molecule has 0 saturated heterocycles. The zero-order valence-corrected chi connectivity index (χ0v) is 15.1. The molecule has 0 heterocycles. The Bertz CT molecular complexity index is 350. The molecule has 7 heteroatoms. The number of imide groups is 1. The molecule has 0 aromatic carbocycles. The predicted molar refractivity (Wildman–Crippen MR) is 90.1 cm³/mol. The van der Waals surface area contributed by atoms with E-state index in [0.29, 0.717) is 24.9 Å². The van der Waals surface area contributed by atoms with Crippen LogP contribution in [0.25, 0.3) is 0 Å². The third kappa shape index (κ3) is 10.6.